The van der Waals surface area contributed by atoms with Gasteiger partial charge in [-0.25, -0.2) is 4.98 Å². The standard InChI is InChI=1S/C15H19N3OS.ClH/c1-11-4-3-5-12(8-11)9-18(2)15(19)13-10-20-14(17-13)6-7-16;/h3-5,8,10H,6-7,9,16H2,1-2H3;1H. The number of hydrogen-bond donors (Lipinski definition) is 1. The molecule has 0 aliphatic heterocycles. The molecular weight excluding hydrogens is 306 g/mol. The number of carbonyl (C=O) groups excluding carboxylic acids is 1. The van der Waals surface area contributed by atoms with E-state index in [2.05, 4.69) is 11.1 Å². The van der Waals surface area contributed by atoms with Gasteiger partial charge in [0.1, 0.15) is 5.69 Å². The highest BCUT2D eigenvalue weighted by Gasteiger charge is 2.15. The predicted molar refractivity (Wildman–Crippen MR) is 89.1 cm³/mol. The number of rotatable bonds is 5. The Hall–Kier alpha value is -1.43. The van der Waals surface area contributed by atoms with Crippen molar-refractivity contribution in [3.8, 4) is 0 Å². The lowest BCUT2D eigenvalue weighted by Gasteiger charge is -2.16. The van der Waals surface area contributed by atoms with Gasteiger partial charge in [0.2, 0.25) is 0 Å². The number of aryl methyl sites for hydroxylation is 1. The van der Waals surface area contributed by atoms with Crippen molar-refractivity contribution in [3.63, 3.8) is 0 Å². The normalized spacial score (nSPS) is 10.0. The fourth-order valence-corrected chi connectivity index (χ4v) is 2.79. The Morgan fingerprint density at radius 1 is 1.43 bits per heavy atom. The SMILES string of the molecule is Cc1cccc(CN(C)C(=O)c2csc(CCN)n2)c1.Cl. The Bertz CT molecular complexity index is 600. The van der Waals surface area contributed by atoms with E-state index < -0.39 is 0 Å². The molecule has 0 spiro atoms. The van der Waals surface area contributed by atoms with Crippen molar-refractivity contribution < 1.29 is 4.79 Å². The van der Waals surface area contributed by atoms with Crippen molar-refractivity contribution in [1.29, 1.82) is 0 Å². The lowest BCUT2D eigenvalue weighted by atomic mass is 10.1. The van der Waals surface area contributed by atoms with E-state index in [0.29, 0.717) is 18.8 Å². The van der Waals surface area contributed by atoms with Crippen LogP contribution in [0.25, 0.3) is 0 Å². The third kappa shape index (κ3) is 4.81. The van der Waals surface area contributed by atoms with Crippen LogP contribution in [0, 0.1) is 6.92 Å². The van der Waals surface area contributed by atoms with E-state index in [1.807, 2.05) is 25.1 Å². The zero-order chi connectivity index (χ0) is 14.5. The Kier molecular flexibility index (Phi) is 6.81. The first kappa shape index (κ1) is 17.6. The first-order valence-corrected chi connectivity index (χ1v) is 7.43. The molecule has 114 valence electrons. The van der Waals surface area contributed by atoms with Crippen LogP contribution in [-0.4, -0.2) is 29.4 Å². The topological polar surface area (TPSA) is 59.2 Å². The van der Waals surface area contributed by atoms with Crippen molar-refractivity contribution in [2.24, 2.45) is 5.73 Å². The smallest absolute Gasteiger partial charge is 0.273 e. The third-order valence-electron chi connectivity index (χ3n) is 2.98. The lowest BCUT2D eigenvalue weighted by Crippen LogP contribution is -2.26. The number of hydrogen-bond acceptors (Lipinski definition) is 4. The molecule has 2 N–H and O–H groups in total. The molecule has 1 aromatic heterocycles. The number of benzene rings is 1. The Morgan fingerprint density at radius 3 is 2.86 bits per heavy atom. The average molecular weight is 326 g/mol. The summed E-state index contributed by atoms with van der Waals surface area (Å²) in [7, 11) is 1.80. The molecule has 1 heterocycles. The van der Waals surface area contributed by atoms with Gasteiger partial charge in [-0.15, -0.1) is 23.7 Å². The van der Waals surface area contributed by atoms with Crippen LogP contribution in [0.4, 0.5) is 0 Å². The minimum Gasteiger partial charge on any atom is -0.336 e. The van der Waals surface area contributed by atoms with Gasteiger partial charge < -0.3 is 10.6 Å². The largest absolute Gasteiger partial charge is 0.336 e. The predicted octanol–water partition coefficient (Wildman–Crippen LogP) is 2.65. The van der Waals surface area contributed by atoms with Crippen LogP contribution in [0.15, 0.2) is 29.6 Å². The number of aromatic nitrogens is 1. The van der Waals surface area contributed by atoms with Gasteiger partial charge in [-0.2, -0.15) is 0 Å². The first-order valence-electron chi connectivity index (χ1n) is 6.55. The van der Waals surface area contributed by atoms with Crippen LogP contribution in [0.1, 0.15) is 26.6 Å². The number of nitrogens with zero attached hydrogens (tertiary/aromatic N) is 2. The highest BCUT2D eigenvalue weighted by Crippen LogP contribution is 2.13. The summed E-state index contributed by atoms with van der Waals surface area (Å²) in [5, 5.41) is 2.72. The summed E-state index contributed by atoms with van der Waals surface area (Å²) in [5.74, 6) is -0.0500. The highest BCUT2D eigenvalue weighted by atomic mass is 35.5. The molecule has 0 radical (unpaired) electrons. The van der Waals surface area contributed by atoms with E-state index in [0.717, 1.165) is 17.0 Å². The number of thiazole rings is 1. The highest BCUT2D eigenvalue weighted by molar-refractivity contribution is 7.09. The quantitative estimate of drug-likeness (QED) is 0.919. The van der Waals surface area contributed by atoms with E-state index in [4.69, 9.17) is 5.73 Å². The molecular formula is C15H20ClN3OS. The molecule has 0 saturated carbocycles. The summed E-state index contributed by atoms with van der Waals surface area (Å²) >= 11 is 1.49. The fourth-order valence-electron chi connectivity index (χ4n) is 2.00. The van der Waals surface area contributed by atoms with Gasteiger partial charge in [-0.3, -0.25) is 4.79 Å². The van der Waals surface area contributed by atoms with Crippen molar-refractivity contribution in [1.82, 2.24) is 9.88 Å². The Labute approximate surface area is 135 Å². The molecule has 1 aromatic carbocycles. The first-order chi connectivity index (χ1) is 9.60. The maximum Gasteiger partial charge on any atom is 0.273 e. The molecule has 4 nitrogen and oxygen atoms in total. The molecule has 2 aromatic rings. The van der Waals surface area contributed by atoms with E-state index in [-0.39, 0.29) is 18.3 Å². The summed E-state index contributed by atoms with van der Waals surface area (Å²) in [5.41, 5.74) is 8.32. The minimum absolute atomic E-state index is 0. The van der Waals surface area contributed by atoms with E-state index in [1.165, 1.54) is 16.9 Å². The van der Waals surface area contributed by atoms with Crippen molar-refractivity contribution in [3.05, 3.63) is 51.5 Å². The number of carbonyl (C=O) groups is 1. The Morgan fingerprint density at radius 2 is 2.19 bits per heavy atom. The summed E-state index contributed by atoms with van der Waals surface area (Å²) < 4.78 is 0. The summed E-state index contributed by atoms with van der Waals surface area (Å²) in [6.07, 6.45) is 0.722. The van der Waals surface area contributed by atoms with E-state index in [9.17, 15) is 4.79 Å². The minimum atomic E-state index is -0.0500. The summed E-state index contributed by atoms with van der Waals surface area (Å²) in [4.78, 5) is 18.3. The molecule has 0 aliphatic carbocycles. The molecule has 2 rings (SSSR count). The second-order valence-electron chi connectivity index (χ2n) is 4.82. The van der Waals surface area contributed by atoms with Crippen LogP contribution >= 0.6 is 23.7 Å². The number of nitrogens with two attached hydrogens (primary N) is 1. The van der Waals surface area contributed by atoms with Gasteiger partial charge in [0.25, 0.3) is 5.91 Å². The summed E-state index contributed by atoms with van der Waals surface area (Å²) in [6.45, 7) is 3.19. The molecule has 0 saturated heterocycles. The molecule has 0 bridgehead atoms. The molecule has 6 heteroatoms. The lowest BCUT2D eigenvalue weighted by molar-refractivity contribution is 0.0780. The van der Waals surface area contributed by atoms with Crippen LogP contribution in [-0.2, 0) is 13.0 Å². The van der Waals surface area contributed by atoms with Gasteiger partial charge in [0, 0.05) is 25.4 Å². The van der Waals surface area contributed by atoms with Gasteiger partial charge in [0.05, 0.1) is 5.01 Å². The molecule has 0 unspecified atom stereocenters. The zero-order valence-corrected chi connectivity index (χ0v) is 13.8. The van der Waals surface area contributed by atoms with Crippen molar-refractivity contribution >= 4 is 29.7 Å². The molecule has 1 amide bonds. The molecule has 0 atom stereocenters. The number of halogens is 1. The number of amides is 1. The zero-order valence-electron chi connectivity index (χ0n) is 12.2. The van der Waals surface area contributed by atoms with Gasteiger partial charge in [0.15, 0.2) is 0 Å². The van der Waals surface area contributed by atoms with Crippen LogP contribution in [0.3, 0.4) is 0 Å². The Balaban J connectivity index is 0.00000220. The maximum absolute atomic E-state index is 12.3. The van der Waals surface area contributed by atoms with Crippen molar-refractivity contribution in [2.75, 3.05) is 13.6 Å². The average Bonchev–Trinajstić information content (AvgIpc) is 2.87. The van der Waals surface area contributed by atoms with Crippen LogP contribution in [0.2, 0.25) is 0 Å². The molecule has 0 fully saturated rings. The van der Waals surface area contributed by atoms with E-state index in [1.54, 1.807) is 17.3 Å². The second kappa shape index (κ2) is 8.12. The summed E-state index contributed by atoms with van der Waals surface area (Å²) in [6, 6.07) is 8.17. The van der Waals surface area contributed by atoms with Crippen molar-refractivity contribution in [2.45, 2.75) is 19.9 Å². The second-order valence-corrected chi connectivity index (χ2v) is 5.76. The maximum atomic E-state index is 12.3. The van der Waals surface area contributed by atoms with Gasteiger partial charge in [-0.05, 0) is 19.0 Å². The van der Waals surface area contributed by atoms with Crippen LogP contribution in [0.5, 0.6) is 0 Å². The van der Waals surface area contributed by atoms with Gasteiger partial charge >= 0.3 is 0 Å². The van der Waals surface area contributed by atoms with E-state index >= 15 is 0 Å². The van der Waals surface area contributed by atoms with Crippen LogP contribution < -0.4 is 5.73 Å². The monoisotopic (exact) mass is 325 g/mol. The molecule has 0 aliphatic rings. The fraction of sp³-hybridized carbons (Fsp3) is 0.333. The molecule has 21 heavy (non-hydrogen) atoms. The third-order valence-corrected chi connectivity index (χ3v) is 3.89. The van der Waals surface area contributed by atoms with Gasteiger partial charge in [-0.1, -0.05) is 29.8 Å².